The van der Waals surface area contributed by atoms with Gasteiger partial charge in [-0.3, -0.25) is 4.79 Å². The van der Waals surface area contributed by atoms with Crippen molar-refractivity contribution in [1.29, 1.82) is 0 Å². The number of aliphatic carboxylic acids is 1. The minimum Gasteiger partial charge on any atom is -0.481 e. The van der Waals surface area contributed by atoms with Crippen LogP contribution in [0.25, 0.3) is 0 Å². The molecular weight excluding hydrogens is 315 g/mol. The van der Waals surface area contributed by atoms with E-state index in [0.717, 1.165) is 6.07 Å². The molecule has 1 aliphatic rings. The molecule has 1 aliphatic heterocycles. The van der Waals surface area contributed by atoms with E-state index < -0.39 is 29.3 Å². The molecule has 1 aromatic rings. The number of hydrogen-bond acceptors (Lipinski definition) is 3. The van der Waals surface area contributed by atoms with Crippen LogP contribution in [0.15, 0.2) is 12.1 Å². The van der Waals surface area contributed by atoms with Crippen LogP contribution in [-0.2, 0) is 11.2 Å². The molecule has 1 saturated heterocycles. The number of carboxylic acids is 1. The number of aromatic nitrogens is 1. The van der Waals surface area contributed by atoms with Crippen LogP contribution in [0.5, 0.6) is 0 Å². The quantitative estimate of drug-likeness (QED) is 0.831. The van der Waals surface area contributed by atoms with E-state index in [1.54, 1.807) is 6.92 Å². The van der Waals surface area contributed by atoms with Gasteiger partial charge in [0.25, 0.3) is 0 Å². The van der Waals surface area contributed by atoms with Gasteiger partial charge in [-0.05, 0) is 31.9 Å². The summed E-state index contributed by atoms with van der Waals surface area (Å²) in [6, 6.07) is 1.98. The largest absolute Gasteiger partial charge is 0.481 e. The Morgan fingerprint density at radius 2 is 2.18 bits per heavy atom. The maximum absolute atomic E-state index is 13.8. The fourth-order valence-electron chi connectivity index (χ4n) is 2.95. The molecular formula is C14H16ClFN2O4. The number of amides is 1. The standard InChI is InChI=1S/C14H16ClFN2O4/c1-8-6-14(12(19)20,4-5-18(8)13(21)22)7-10-9(16)2-3-11(15)17-10/h2-3,8H,4-7H2,1H3,(H,19,20)(H,21,22)/t8-,14?/m1/s1. The lowest BCUT2D eigenvalue weighted by Gasteiger charge is -2.41. The predicted molar refractivity (Wildman–Crippen MR) is 76.4 cm³/mol. The number of carbonyl (C=O) groups is 2. The lowest BCUT2D eigenvalue weighted by atomic mass is 9.72. The fraction of sp³-hybridized carbons (Fsp3) is 0.500. The van der Waals surface area contributed by atoms with Gasteiger partial charge in [-0.15, -0.1) is 0 Å². The molecule has 1 fully saturated rings. The summed E-state index contributed by atoms with van der Waals surface area (Å²) in [6.07, 6.45) is -1.000. The smallest absolute Gasteiger partial charge is 0.407 e. The molecule has 2 N–H and O–H groups in total. The van der Waals surface area contributed by atoms with E-state index in [2.05, 4.69) is 4.98 Å². The molecule has 8 heteroatoms. The summed E-state index contributed by atoms with van der Waals surface area (Å²) in [6.45, 7) is 1.73. The van der Waals surface area contributed by atoms with Gasteiger partial charge < -0.3 is 15.1 Å². The third-order valence-electron chi connectivity index (χ3n) is 4.14. The van der Waals surface area contributed by atoms with Crippen molar-refractivity contribution in [2.24, 2.45) is 5.41 Å². The zero-order valence-electron chi connectivity index (χ0n) is 11.9. The number of pyridine rings is 1. The van der Waals surface area contributed by atoms with Gasteiger partial charge in [-0.1, -0.05) is 11.6 Å². The average molecular weight is 331 g/mol. The summed E-state index contributed by atoms with van der Waals surface area (Å²) in [5, 5.41) is 18.8. The molecule has 0 saturated carbocycles. The molecule has 1 aromatic heterocycles. The molecule has 1 amide bonds. The topological polar surface area (TPSA) is 90.7 Å². The first-order chi connectivity index (χ1) is 10.2. The van der Waals surface area contributed by atoms with Crippen molar-refractivity contribution in [3.05, 3.63) is 28.8 Å². The van der Waals surface area contributed by atoms with Crippen LogP contribution in [-0.4, -0.2) is 44.7 Å². The van der Waals surface area contributed by atoms with E-state index in [1.807, 2.05) is 0 Å². The molecule has 0 aliphatic carbocycles. The minimum atomic E-state index is -1.25. The summed E-state index contributed by atoms with van der Waals surface area (Å²) >= 11 is 5.74. The van der Waals surface area contributed by atoms with Gasteiger partial charge in [0.1, 0.15) is 11.0 Å². The third-order valence-corrected chi connectivity index (χ3v) is 4.35. The molecule has 22 heavy (non-hydrogen) atoms. The number of carboxylic acid groups (broad SMARTS) is 2. The van der Waals surface area contributed by atoms with Gasteiger partial charge in [0.2, 0.25) is 0 Å². The summed E-state index contributed by atoms with van der Waals surface area (Å²) < 4.78 is 13.8. The highest BCUT2D eigenvalue weighted by atomic mass is 35.5. The van der Waals surface area contributed by atoms with Crippen molar-refractivity contribution in [1.82, 2.24) is 9.88 Å². The number of halogens is 2. The maximum Gasteiger partial charge on any atom is 0.407 e. The highest BCUT2D eigenvalue weighted by Crippen LogP contribution is 2.38. The van der Waals surface area contributed by atoms with Crippen LogP contribution in [0.2, 0.25) is 5.15 Å². The Bertz CT molecular complexity index is 613. The van der Waals surface area contributed by atoms with Crippen LogP contribution in [0.3, 0.4) is 0 Å². The van der Waals surface area contributed by atoms with Gasteiger partial charge in [0, 0.05) is 19.0 Å². The first-order valence-electron chi connectivity index (χ1n) is 6.79. The van der Waals surface area contributed by atoms with Crippen molar-refractivity contribution in [3.63, 3.8) is 0 Å². The zero-order valence-corrected chi connectivity index (χ0v) is 12.7. The summed E-state index contributed by atoms with van der Waals surface area (Å²) in [5.41, 5.74) is -1.25. The zero-order chi connectivity index (χ0) is 16.5. The van der Waals surface area contributed by atoms with E-state index >= 15 is 0 Å². The van der Waals surface area contributed by atoms with E-state index in [9.17, 15) is 19.1 Å². The van der Waals surface area contributed by atoms with Crippen molar-refractivity contribution in [2.45, 2.75) is 32.2 Å². The highest BCUT2D eigenvalue weighted by molar-refractivity contribution is 6.29. The molecule has 0 radical (unpaired) electrons. The first-order valence-corrected chi connectivity index (χ1v) is 7.17. The fourth-order valence-corrected chi connectivity index (χ4v) is 3.11. The lowest BCUT2D eigenvalue weighted by Crippen LogP contribution is -2.51. The summed E-state index contributed by atoms with van der Waals surface area (Å²) in [7, 11) is 0. The Balaban J connectivity index is 2.29. The monoisotopic (exact) mass is 330 g/mol. The van der Waals surface area contributed by atoms with Crippen LogP contribution >= 0.6 is 11.6 Å². The minimum absolute atomic E-state index is 0.00845. The van der Waals surface area contributed by atoms with Gasteiger partial charge in [0.15, 0.2) is 0 Å². The Kier molecular flexibility index (Phi) is 4.55. The molecule has 120 valence electrons. The molecule has 0 aromatic carbocycles. The van der Waals surface area contributed by atoms with Crippen LogP contribution in [0.1, 0.15) is 25.5 Å². The van der Waals surface area contributed by atoms with Crippen LogP contribution in [0.4, 0.5) is 9.18 Å². The number of nitrogens with zero attached hydrogens (tertiary/aromatic N) is 2. The van der Waals surface area contributed by atoms with Crippen molar-refractivity contribution in [2.75, 3.05) is 6.54 Å². The van der Waals surface area contributed by atoms with Gasteiger partial charge >= 0.3 is 12.1 Å². The molecule has 2 atom stereocenters. The normalized spacial score (nSPS) is 25.0. The van der Waals surface area contributed by atoms with Crippen molar-refractivity contribution < 1.29 is 24.2 Å². The molecule has 2 rings (SSSR count). The Morgan fingerprint density at radius 3 is 2.73 bits per heavy atom. The molecule has 2 heterocycles. The van der Waals surface area contributed by atoms with Gasteiger partial charge in [-0.25, -0.2) is 14.2 Å². The number of likely N-dealkylation sites (tertiary alicyclic amines) is 1. The second-order valence-corrected chi connectivity index (χ2v) is 5.99. The summed E-state index contributed by atoms with van der Waals surface area (Å²) in [5.74, 6) is -1.69. The average Bonchev–Trinajstić information content (AvgIpc) is 2.42. The Hall–Kier alpha value is -1.89. The molecule has 6 nitrogen and oxygen atoms in total. The van der Waals surface area contributed by atoms with E-state index in [4.69, 9.17) is 16.7 Å². The Morgan fingerprint density at radius 1 is 1.50 bits per heavy atom. The molecule has 0 bridgehead atoms. The van der Waals surface area contributed by atoms with Gasteiger partial charge in [-0.2, -0.15) is 0 Å². The van der Waals surface area contributed by atoms with Crippen molar-refractivity contribution >= 4 is 23.7 Å². The second kappa shape index (κ2) is 6.08. The predicted octanol–water partition coefficient (Wildman–Crippen LogP) is 2.65. The molecule has 1 unspecified atom stereocenters. The summed E-state index contributed by atoms with van der Waals surface area (Å²) in [4.78, 5) is 27.9. The maximum atomic E-state index is 13.8. The molecule has 0 spiro atoms. The lowest BCUT2D eigenvalue weighted by molar-refractivity contribution is -0.153. The van der Waals surface area contributed by atoms with Crippen LogP contribution < -0.4 is 0 Å². The second-order valence-electron chi connectivity index (χ2n) is 5.60. The SMILES string of the molecule is C[C@@H]1CC(Cc2nc(Cl)ccc2F)(C(=O)O)CCN1C(=O)O. The number of hydrogen-bond donors (Lipinski definition) is 2. The van der Waals surface area contributed by atoms with E-state index in [1.165, 1.54) is 11.0 Å². The number of rotatable bonds is 3. The number of piperidine rings is 1. The van der Waals surface area contributed by atoms with Crippen molar-refractivity contribution in [3.8, 4) is 0 Å². The van der Waals surface area contributed by atoms with Gasteiger partial charge in [0.05, 0.1) is 11.1 Å². The highest BCUT2D eigenvalue weighted by Gasteiger charge is 2.46. The Labute approximate surface area is 131 Å². The third kappa shape index (κ3) is 3.14. The van der Waals surface area contributed by atoms with E-state index in [-0.39, 0.29) is 36.7 Å². The van der Waals surface area contributed by atoms with Crippen LogP contribution in [0, 0.1) is 11.2 Å². The van der Waals surface area contributed by atoms with E-state index in [0.29, 0.717) is 0 Å². The first kappa shape index (κ1) is 16.5.